The van der Waals surface area contributed by atoms with Crippen LogP contribution >= 0.6 is 0 Å². The van der Waals surface area contributed by atoms with Crippen molar-refractivity contribution in [2.75, 3.05) is 6.54 Å². The van der Waals surface area contributed by atoms with Gasteiger partial charge in [0.2, 0.25) is 0 Å². The maximum Gasteiger partial charge on any atom is 0.404 e. The Labute approximate surface area is 137 Å². The van der Waals surface area contributed by atoms with E-state index in [0.717, 1.165) is 25.7 Å². The second kappa shape index (κ2) is 18.1. The SMILES string of the molecule is CCCCCCCCCCCC=CCCCCCNC(=O)O. The van der Waals surface area contributed by atoms with Crippen molar-refractivity contribution in [2.24, 2.45) is 0 Å². The highest BCUT2D eigenvalue weighted by atomic mass is 16.4. The molecule has 3 heteroatoms. The molecular weight excluding hydrogens is 274 g/mol. The first-order valence-corrected chi connectivity index (χ1v) is 9.39. The van der Waals surface area contributed by atoms with Gasteiger partial charge in [-0.05, 0) is 32.1 Å². The highest BCUT2D eigenvalue weighted by Crippen LogP contribution is 2.11. The fraction of sp³-hybridized carbons (Fsp3) is 0.842. The molecule has 22 heavy (non-hydrogen) atoms. The second-order valence-corrected chi connectivity index (χ2v) is 6.17. The van der Waals surface area contributed by atoms with Gasteiger partial charge in [0.25, 0.3) is 0 Å². The van der Waals surface area contributed by atoms with E-state index in [9.17, 15) is 4.79 Å². The second-order valence-electron chi connectivity index (χ2n) is 6.17. The molecule has 0 aromatic heterocycles. The van der Waals surface area contributed by atoms with Gasteiger partial charge in [0.05, 0.1) is 0 Å². The van der Waals surface area contributed by atoms with Crippen molar-refractivity contribution in [3.05, 3.63) is 12.2 Å². The summed E-state index contributed by atoms with van der Waals surface area (Å²) in [6, 6.07) is 0. The van der Waals surface area contributed by atoms with E-state index < -0.39 is 6.09 Å². The molecule has 0 radical (unpaired) electrons. The quantitative estimate of drug-likeness (QED) is 0.260. The molecule has 0 unspecified atom stereocenters. The third-order valence-electron chi connectivity index (χ3n) is 3.96. The first-order valence-electron chi connectivity index (χ1n) is 9.39. The van der Waals surface area contributed by atoms with Gasteiger partial charge in [0.1, 0.15) is 0 Å². The lowest BCUT2D eigenvalue weighted by molar-refractivity contribution is 0.194. The standard InChI is InChI=1S/C19H37NO2/c1-2-3-4-5-6-7-8-9-10-11-12-13-14-15-16-17-18-20-19(21)22/h12-13,20H,2-11,14-18H2,1H3,(H,21,22). The number of hydrogen-bond acceptors (Lipinski definition) is 1. The number of carboxylic acid groups (broad SMARTS) is 1. The Hall–Kier alpha value is -0.990. The Bertz CT molecular complexity index is 264. The van der Waals surface area contributed by atoms with Crippen LogP contribution in [-0.4, -0.2) is 17.7 Å². The van der Waals surface area contributed by atoms with E-state index in [2.05, 4.69) is 24.4 Å². The number of rotatable bonds is 16. The largest absolute Gasteiger partial charge is 0.465 e. The van der Waals surface area contributed by atoms with Gasteiger partial charge in [-0.2, -0.15) is 0 Å². The monoisotopic (exact) mass is 311 g/mol. The van der Waals surface area contributed by atoms with Gasteiger partial charge in [0.15, 0.2) is 0 Å². The van der Waals surface area contributed by atoms with Crippen LogP contribution in [0.3, 0.4) is 0 Å². The van der Waals surface area contributed by atoms with Crippen LogP contribution in [-0.2, 0) is 0 Å². The molecule has 3 nitrogen and oxygen atoms in total. The number of nitrogens with one attached hydrogen (secondary N) is 1. The Morgan fingerprint density at radius 2 is 1.23 bits per heavy atom. The van der Waals surface area contributed by atoms with Crippen molar-refractivity contribution >= 4 is 6.09 Å². The number of carbonyl (C=O) groups is 1. The summed E-state index contributed by atoms with van der Waals surface area (Å²) in [5, 5.41) is 10.8. The Morgan fingerprint density at radius 1 is 0.773 bits per heavy atom. The van der Waals surface area contributed by atoms with Crippen molar-refractivity contribution in [2.45, 2.75) is 96.8 Å². The first-order chi connectivity index (χ1) is 10.8. The highest BCUT2D eigenvalue weighted by Gasteiger charge is 1.93. The minimum Gasteiger partial charge on any atom is -0.465 e. The van der Waals surface area contributed by atoms with E-state index in [1.807, 2.05) is 0 Å². The molecule has 130 valence electrons. The zero-order valence-electron chi connectivity index (χ0n) is 14.6. The van der Waals surface area contributed by atoms with Crippen LogP contribution in [0.2, 0.25) is 0 Å². The molecule has 0 saturated carbocycles. The average molecular weight is 312 g/mol. The molecule has 0 aromatic rings. The third kappa shape index (κ3) is 19.0. The smallest absolute Gasteiger partial charge is 0.404 e. The van der Waals surface area contributed by atoms with Gasteiger partial charge in [-0.15, -0.1) is 0 Å². The summed E-state index contributed by atoms with van der Waals surface area (Å²) in [7, 11) is 0. The molecule has 0 aliphatic carbocycles. The minimum absolute atomic E-state index is 0.581. The zero-order chi connectivity index (χ0) is 16.3. The van der Waals surface area contributed by atoms with Gasteiger partial charge in [-0.3, -0.25) is 0 Å². The van der Waals surface area contributed by atoms with Crippen molar-refractivity contribution in [3.63, 3.8) is 0 Å². The minimum atomic E-state index is -0.916. The molecule has 1 amide bonds. The molecule has 0 fully saturated rings. The summed E-state index contributed by atoms with van der Waals surface area (Å²) in [6.07, 6.45) is 21.8. The summed E-state index contributed by atoms with van der Waals surface area (Å²) in [5.74, 6) is 0. The molecule has 0 bridgehead atoms. The molecule has 0 heterocycles. The van der Waals surface area contributed by atoms with E-state index in [-0.39, 0.29) is 0 Å². The fourth-order valence-corrected chi connectivity index (χ4v) is 2.57. The van der Waals surface area contributed by atoms with Crippen LogP contribution < -0.4 is 5.32 Å². The van der Waals surface area contributed by atoms with E-state index in [1.54, 1.807) is 0 Å². The molecule has 0 spiro atoms. The fourth-order valence-electron chi connectivity index (χ4n) is 2.57. The molecule has 0 rings (SSSR count). The van der Waals surface area contributed by atoms with E-state index in [0.29, 0.717) is 6.54 Å². The predicted octanol–water partition coefficient (Wildman–Crippen LogP) is 6.29. The van der Waals surface area contributed by atoms with Gasteiger partial charge in [-0.1, -0.05) is 76.9 Å². The van der Waals surface area contributed by atoms with E-state index >= 15 is 0 Å². The lowest BCUT2D eigenvalue weighted by Crippen LogP contribution is -2.21. The van der Waals surface area contributed by atoms with Crippen molar-refractivity contribution in [1.29, 1.82) is 0 Å². The molecule has 0 atom stereocenters. The molecule has 2 N–H and O–H groups in total. The number of hydrogen-bond donors (Lipinski definition) is 2. The topological polar surface area (TPSA) is 49.3 Å². The van der Waals surface area contributed by atoms with Crippen LogP contribution in [0.15, 0.2) is 12.2 Å². The third-order valence-corrected chi connectivity index (χ3v) is 3.96. The summed E-state index contributed by atoms with van der Waals surface area (Å²) >= 11 is 0. The van der Waals surface area contributed by atoms with Crippen molar-refractivity contribution in [3.8, 4) is 0 Å². The predicted molar refractivity (Wildman–Crippen MR) is 95.5 cm³/mol. The molecule has 0 saturated heterocycles. The maximum absolute atomic E-state index is 10.2. The van der Waals surface area contributed by atoms with Gasteiger partial charge in [-0.25, -0.2) is 4.79 Å². The van der Waals surface area contributed by atoms with Crippen LogP contribution in [0.1, 0.15) is 96.8 Å². The Morgan fingerprint density at radius 3 is 1.73 bits per heavy atom. The van der Waals surface area contributed by atoms with E-state index in [1.165, 1.54) is 64.2 Å². The van der Waals surface area contributed by atoms with Crippen LogP contribution in [0.4, 0.5) is 4.79 Å². The molecule has 0 aliphatic rings. The Kier molecular flexibility index (Phi) is 17.2. The normalized spacial score (nSPS) is 11.1. The summed E-state index contributed by atoms with van der Waals surface area (Å²) in [5.41, 5.74) is 0. The van der Waals surface area contributed by atoms with Gasteiger partial charge < -0.3 is 10.4 Å². The van der Waals surface area contributed by atoms with Crippen molar-refractivity contribution < 1.29 is 9.90 Å². The van der Waals surface area contributed by atoms with Crippen LogP contribution in [0.5, 0.6) is 0 Å². The van der Waals surface area contributed by atoms with Gasteiger partial charge in [0, 0.05) is 6.54 Å². The highest BCUT2D eigenvalue weighted by molar-refractivity contribution is 5.64. The molecule has 0 aliphatic heterocycles. The van der Waals surface area contributed by atoms with Crippen molar-refractivity contribution in [1.82, 2.24) is 5.32 Å². The number of allylic oxidation sites excluding steroid dienone is 2. The maximum atomic E-state index is 10.2. The zero-order valence-corrected chi connectivity index (χ0v) is 14.6. The van der Waals surface area contributed by atoms with Crippen LogP contribution in [0, 0.1) is 0 Å². The number of amides is 1. The summed E-state index contributed by atoms with van der Waals surface area (Å²) in [4.78, 5) is 10.2. The average Bonchev–Trinajstić information content (AvgIpc) is 2.50. The summed E-state index contributed by atoms with van der Waals surface area (Å²) < 4.78 is 0. The van der Waals surface area contributed by atoms with Gasteiger partial charge >= 0.3 is 6.09 Å². The Balaban J connectivity index is 3.07. The molecular formula is C19H37NO2. The first kappa shape index (κ1) is 21.0. The van der Waals surface area contributed by atoms with E-state index in [4.69, 9.17) is 5.11 Å². The lowest BCUT2D eigenvalue weighted by atomic mass is 10.1. The van der Waals surface area contributed by atoms with Crippen LogP contribution in [0.25, 0.3) is 0 Å². The molecule has 0 aromatic carbocycles. The lowest BCUT2D eigenvalue weighted by Gasteiger charge is -2.01. The number of unbranched alkanes of at least 4 members (excludes halogenated alkanes) is 12. The summed E-state index contributed by atoms with van der Waals surface area (Å²) in [6.45, 7) is 2.85.